The Morgan fingerprint density at radius 2 is 0.850 bits per heavy atom. The summed E-state index contributed by atoms with van der Waals surface area (Å²) in [5.41, 5.74) is 0. The van der Waals surface area contributed by atoms with Gasteiger partial charge in [-0.3, -0.25) is 0 Å². The third-order valence-corrected chi connectivity index (χ3v) is 3.77. The van der Waals surface area contributed by atoms with E-state index < -0.39 is 9.84 Å². The number of rotatable bonds is 3. The molecule has 0 spiro atoms. The van der Waals surface area contributed by atoms with Gasteiger partial charge >= 0.3 is 0 Å². The summed E-state index contributed by atoms with van der Waals surface area (Å²) in [7, 11) is -2.66. The van der Waals surface area contributed by atoms with Gasteiger partial charge in [-0.15, -0.1) is 0 Å². The average molecular weight is 411 g/mol. The first-order valence-corrected chi connectivity index (χ1v) is 9.62. The van der Waals surface area contributed by atoms with Crippen LogP contribution < -0.4 is 0 Å². The first-order valence-electron chi connectivity index (χ1n) is 7.80. The molecule has 0 aliphatic carbocycles. The molecule has 0 fully saturated rings. The molecule has 122 valence electrons. The van der Waals surface area contributed by atoms with E-state index in [0.29, 0.717) is 0 Å². The van der Waals surface area contributed by atoms with Gasteiger partial charge in [0.2, 0.25) is 0 Å². The normalized spacial score (nSPS) is 13.5. The third-order valence-electron chi connectivity index (χ3n) is 2.37. The molecule has 0 bridgehead atoms. The number of sulfone groups is 1. The topological polar surface area (TPSA) is 34.1 Å². The number of hydrogen-bond acceptors (Lipinski definition) is 2. The predicted molar refractivity (Wildman–Crippen MR) is 95.3 cm³/mol. The largest absolute Gasteiger partial charge is 0.228 e. The molecule has 2 nitrogen and oxygen atoms in total. The van der Waals surface area contributed by atoms with Crippen LogP contribution in [-0.4, -0.2) is 43.8 Å². The van der Waals surface area contributed by atoms with Crippen molar-refractivity contribution in [2.45, 2.75) is 80.1 Å². The second-order valence-electron chi connectivity index (χ2n) is 4.55. The van der Waals surface area contributed by atoms with Crippen molar-refractivity contribution in [1.82, 2.24) is 0 Å². The van der Waals surface area contributed by atoms with Crippen molar-refractivity contribution < 1.29 is 8.42 Å². The second kappa shape index (κ2) is 24.5. The van der Waals surface area contributed by atoms with Gasteiger partial charge in [-0.1, -0.05) is 92.2 Å². The maximum atomic E-state index is 10.4. The zero-order valence-electron chi connectivity index (χ0n) is 14.5. The Balaban J connectivity index is -0.0000000881. The van der Waals surface area contributed by atoms with Crippen LogP contribution in [0.15, 0.2) is 12.2 Å². The van der Waals surface area contributed by atoms with E-state index in [0.717, 1.165) is 0 Å². The van der Waals surface area contributed by atoms with Crippen molar-refractivity contribution in [3.63, 3.8) is 0 Å². The van der Waals surface area contributed by atoms with Crippen LogP contribution in [0, 0.1) is 0 Å². The van der Waals surface area contributed by atoms with E-state index in [1.165, 1.54) is 38.5 Å². The Morgan fingerprint density at radius 3 is 0.900 bits per heavy atom. The van der Waals surface area contributed by atoms with Crippen LogP contribution >= 0.6 is 0 Å². The SMILES string of the molecule is CCCC.CCCC.CCCC.O=S1(=O)CC=CC1.[Sn]. The predicted octanol–water partition coefficient (Wildman–Crippen LogP) is 5.01. The Bertz CT molecular complexity index is 230. The standard InChI is InChI=1S/C4H6O2S.3C4H10.Sn/c5-7(6)3-1-2-4-7;3*1-3-4-2;/h1-2H,3-4H2;3*3-4H2,1-2H3;. The molecule has 1 rings (SSSR count). The van der Waals surface area contributed by atoms with Crippen LogP contribution in [0.3, 0.4) is 0 Å². The van der Waals surface area contributed by atoms with Crippen LogP contribution in [0.2, 0.25) is 0 Å². The van der Waals surface area contributed by atoms with Crippen molar-refractivity contribution in [3.05, 3.63) is 12.2 Å². The summed E-state index contributed by atoms with van der Waals surface area (Å²) in [5, 5.41) is 0. The summed E-state index contributed by atoms with van der Waals surface area (Å²) in [6, 6.07) is 0. The van der Waals surface area contributed by atoms with E-state index in [2.05, 4.69) is 41.5 Å². The van der Waals surface area contributed by atoms with Crippen LogP contribution in [0.4, 0.5) is 0 Å². The minimum atomic E-state index is -2.66. The molecule has 0 N–H and O–H groups in total. The molecular weight excluding hydrogens is 375 g/mol. The van der Waals surface area contributed by atoms with Crippen molar-refractivity contribution in [3.8, 4) is 0 Å². The van der Waals surface area contributed by atoms with Gasteiger partial charge in [0, 0.05) is 23.9 Å². The van der Waals surface area contributed by atoms with Crippen LogP contribution in [0.25, 0.3) is 0 Å². The van der Waals surface area contributed by atoms with E-state index in [9.17, 15) is 8.42 Å². The van der Waals surface area contributed by atoms with Gasteiger partial charge in [0.05, 0.1) is 11.5 Å². The molecular formula is C16H36O2SSn. The first-order chi connectivity index (χ1) is 8.95. The zero-order chi connectivity index (χ0) is 15.6. The van der Waals surface area contributed by atoms with E-state index in [1.807, 2.05) is 0 Å². The quantitative estimate of drug-likeness (QED) is 0.484. The molecule has 1 heterocycles. The Morgan fingerprint density at radius 1 is 0.650 bits per heavy atom. The van der Waals surface area contributed by atoms with Gasteiger partial charge in [-0.25, -0.2) is 8.42 Å². The summed E-state index contributed by atoms with van der Waals surface area (Å²) >= 11 is 0. The Hall–Kier alpha value is 0.489. The smallest absolute Gasteiger partial charge is 0.157 e. The minimum absolute atomic E-state index is 0. The number of unbranched alkanes of at least 4 members (excludes halogenated alkanes) is 3. The molecule has 0 amide bonds. The minimum Gasteiger partial charge on any atom is -0.228 e. The monoisotopic (exact) mass is 412 g/mol. The van der Waals surface area contributed by atoms with Gasteiger partial charge in [-0.05, 0) is 0 Å². The van der Waals surface area contributed by atoms with Crippen LogP contribution in [-0.2, 0) is 9.84 Å². The fraction of sp³-hybridized carbons (Fsp3) is 0.875. The summed E-state index contributed by atoms with van der Waals surface area (Å²) in [6.07, 6.45) is 11.3. The van der Waals surface area contributed by atoms with Crippen molar-refractivity contribution in [2.24, 2.45) is 0 Å². The molecule has 0 saturated heterocycles. The summed E-state index contributed by atoms with van der Waals surface area (Å²) < 4.78 is 20.7. The molecule has 0 aromatic heterocycles. The second-order valence-corrected chi connectivity index (χ2v) is 6.70. The average Bonchev–Trinajstić information content (AvgIpc) is 2.84. The molecule has 20 heavy (non-hydrogen) atoms. The van der Waals surface area contributed by atoms with Crippen molar-refractivity contribution in [1.29, 1.82) is 0 Å². The van der Waals surface area contributed by atoms with E-state index in [4.69, 9.17) is 0 Å². The van der Waals surface area contributed by atoms with Gasteiger partial charge in [0.25, 0.3) is 0 Å². The fourth-order valence-electron chi connectivity index (χ4n) is 0.497. The molecule has 0 aromatic rings. The molecule has 0 aromatic carbocycles. The number of hydrogen-bond donors (Lipinski definition) is 0. The first kappa shape index (κ1) is 28.6. The summed E-state index contributed by atoms with van der Waals surface area (Å²) in [5.74, 6) is 0.486. The molecule has 1 aliphatic rings. The molecule has 4 heteroatoms. The Labute approximate surface area is 145 Å². The van der Waals surface area contributed by atoms with Crippen molar-refractivity contribution >= 4 is 33.7 Å². The molecule has 0 unspecified atom stereocenters. The summed E-state index contributed by atoms with van der Waals surface area (Å²) in [4.78, 5) is 0. The molecule has 0 atom stereocenters. The zero-order valence-corrected chi connectivity index (χ0v) is 18.2. The van der Waals surface area contributed by atoms with Gasteiger partial charge in [0.15, 0.2) is 9.84 Å². The van der Waals surface area contributed by atoms with Crippen LogP contribution in [0.5, 0.6) is 0 Å². The van der Waals surface area contributed by atoms with E-state index in [-0.39, 0.29) is 35.4 Å². The fourth-order valence-corrected chi connectivity index (χ4v) is 1.49. The van der Waals surface area contributed by atoms with Crippen molar-refractivity contribution in [2.75, 3.05) is 11.5 Å². The summed E-state index contributed by atoms with van der Waals surface area (Å²) in [6.45, 7) is 13.1. The maximum Gasteiger partial charge on any atom is 0.157 e. The molecule has 4 radical (unpaired) electrons. The third kappa shape index (κ3) is 36.3. The molecule has 1 aliphatic heterocycles. The van der Waals surface area contributed by atoms with Gasteiger partial charge in [-0.2, -0.15) is 0 Å². The van der Waals surface area contributed by atoms with E-state index in [1.54, 1.807) is 12.2 Å². The van der Waals surface area contributed by atoms with Gasteiger partial charge in [0.1, 0.15) is 0 Å². The molecule has 0 saturated carbocycles. The Kier molecular flexibility index (Phi) is 35.1. The van der Waals surface area contributed by atoms with Crippen LogP contribution in [0.1, 0.15) is 80.1 Å². The van der Waals surface area contributed by atoms with Gasteiger partial charge < -0.3 is 0 Å². The van der Waals surface area contributed by atoms with E-state index >= 15 is 0 Å². The maximum absolute atomic E-state index is 10.4.